The van der Waals surface area contributed by atoms with Crippen LogP contribution in [-0.4, -0.2) is 20.2 Å². The number of unbranched alkanes of at least 4 members (excludes halogenated alkanes) is 6. The zero-order valence-corrected chi connectivity index (χ0v) is 13.3. The van der Waals surface area contributed by atoms with Crippen molar-refractivity contribution in [2.45, 2.75) is 58.3 Å². The molecule has 0 aliphatic carbocycles. The third-order valence-electron chi connectivity index (χ3n) is 3.72. The predicted octanol–water partition coefficient (Wildman–Crippen LogP) is 4.58. The minimum absolute atomic E-state index is 1.00. The molecule has 0 atom stereocenters. The van der Waals surface area contributed by atoms with E-state index < -0.39 is 0 Å². The number of benzene rings is 1. The molecule has 0 amide bonds. The Labute approximate surface area is 124 Å². The van der Waals surface area contributed by atoms with Gasteiger partial charge >= 0.3 is 0 Å². The Kier molecular flexibility index (Phi) is 10.0. The zero-order valence-electron chi connectivity index (χ0n) is 13.3. The summed E-state index contributed by atoms with van der Waals surface area (Å²) in [6.45, 7) is 4.45. The number of rotatable bonds is 12. The van der Waals surface area contributed by atoms with Crippen molar-refractivity contribution in [3.05, 3.63) is 29.8 Å². The average molecular weight is 277 g/mol. The maximum atomic E-state index is 5.36. The zero-order chi connectivity index (χ0) is 14.5. The lowest BCUT2D eigenvalue weighted by Crippen LogP contribution is -2.18. The van der Waals surface area contributed by atoms with Crippen molar-refractivity contribution in [2.24, 2.45) is 0 Å². The smallest absolute Gasteiger partial charge is 0.122 e. The first-order valence-electron chi connectivity index (χ1n) is 8.21. The second-order valence-electron chi connectivity index (χ2n) is 5.43. The number of methoxy groups -OCH3 is 1. The average Bonchev–Trinajstić information content (AvgIpc) is 2.49. The molecule has 20 heavy (non-hydrogen) atoms. The van der Waals surface area contributed by atoms with Crippen LogP contribution in [-0.2, 0) is 6.42 Å². The maximum absolute atomic E-state index is 5.36. The van der Waals surface area contributed by atoms with Gasteiger partial charge in [0.2, 0.25) is 0 Å². The van der Waals surface area contributed by atoms with E-state index in [4.69, 9.17) is 4.74 Å². The molecular weight excluding hydrogens is 246 g/mol. The van der Waals surface area contributed by atoms with Gasteiger partial charge in [0.15, 0.2) is 0 Å². The van der Waals surface area contributed by atoms with Gasteiger partial charge in [0.25, 0.3) is 0 Å². The Hall–Kier alpha value is -1.02. The highest BCUT2D eigenvalue weighted by Gasteiger charge is 2.00. The topological polar surface area (TPSA) is 21.3 Å². The second-order valence-corrected chi connectivity index (χ2v) is 5.43. The number of para-hydroxylation sites is 1. The van der Waals surface area contributed by atoms with Crippen molar-refractivity contribution < 1.29 is 4.74 Å². The lowest BCUT2D eigenvalue weighted by Gasteiger charge is -2.09. The van der Waals surface area contributed by atoms with E-state index in [9.17, 15) is 0 Å². The van der Waals surface area contributed by atoms with Crippen LogP contribution >= 0.6 is 0 Å². The first-order valence-corrected chi connectivity index (χ1v) is 8.21. The van der Waals surface area contributed by atoms with E-state index in [1.165, 1.54) is 50.5 Å². The van der Waals surface area contributed by atoms with Crippen LogP contribution in [0.15, 0.2) is 24.3 Å². The molecule has 0 saturated heterocycles. The SMILES string of the molecule is CCCCCCCCCNCCc1ccccc1OC. The van der Waals surface area contributed by atoms with Crippen molar-refractivity contribution in [1.29, 1.82) is 0 Å². The molecule has 0 aromatic heterocycles. The van der Waals surface area contributed by atoms with Gasteiger partial charge in [0, 0.05) is 0 Å². The van der Waals surface area contributed by atoms with Crippen LogP contribution in [0.3, 0.4) is 0 Å². The van der Waals surface area contributed by atoms with E-state index in [2.05, 4.69) is 24.4 Å². The Morgan fingerprint density at radius 2 is 1.60 bits per heavy atom. The third-order valence-corrected chi connectivity index (χ3v) is 3.72. The summed E-state index contributed by atoms with van der Waals surface area (Å²) in [7, 11) is 1.74. The third kappa shape index (κ3) is 7.54. The fourth-order valence-corrected chi connectivity index (χ4v) is 2.46. The molecule has 1 N–H and O–H groups in total. The Morgan fingerprint density at radius 1 is 0.900 bits per heavy atom. The number of nitrogens with one attached hydrogen (secondary N) is 1. The molecule has 114 valence electrons. The lowest BCUT2D eigenvalue weighted by atomic mass is 10.1. The fourth-order valence-electron chi connectivity index (χ4n) is 2.46. The van der Waals surface area contributed by atoms with Crippen molar-refractivity contribution in [3.63, 3.8) is 0 Å². The molecule has 2 nitrogen and oxygen atoms in total. The van der Waals surface area contributed by atoms with Crippen molar-refractivity contribution in [3.8, 4) is 5.75 Å². The largest absolute Gasteiger partial charge is 0.496 e. The van der Waals surface area contributed by atoms with Gasteiger partial charge < -0.3 is 10.1 Å². The van der Waals surface area contributed by atoms with Crippen molar-refractivity contribution in [2.75, 3.05) is 20.2 Å². The number of hydrogen-bond donors (Lipinski definition) is 1. The molecule has 1 aromatic rings. The molecule has 0 saturated carbocycles. The number of hydrogen-bond acceptors (Lipinski definition) is 2. The monoisotopic (exact) mass is 277 g/mol. The Balaban J connectivity index is 1.97. The minimum atomic E-state index is 1.00. The minimum Gasteiger partial charge on any atom is -0.496 e. The first kappa shape index (κ1) is 17.0. The van der Waals surface area contributed by atoms with E-state index in [0.29, 0.717) is 0 Å². The van der Waals surface area contributed by atoms with Gasteiger partial charge in [0.05, 0.1) is 7.11 Å². The fraction of sp³-hybridized carbons (Fsp3) is 0.667. The van der Waals surface area contributed by atoms with E-state index in [1.807, 2.05) is 12.1 Å². The van der Waals surface area contributed by atoms with Gasteiger partial charge in [0.1, 0.15) is 5.75 Å². The number of ether oxygens (including phenoxy) is 1. The summed E-state index contributed by atoms with van der Waals surface area (Å²) in [5, 5.41) is 3.53. The van der Waals surface area contributed by atoms with Crippen LogP contribution in [0.1, 0.15) is 57.4 Å². The summed E-state index contributed by atoms with van der Waals surface area (Å²) in [4.78, 5) is 0. The molecular formula is C18H31NO. The Morgan fingerprint density at radius 3 is 2.35 bits per heavy atom. The molecule has 0 bridgehead atoms. The molecule has 0 aliphatic heterocycles. The van der Waals surface area contributed by atoms with E-state index >= 15 is 0 Å². The van der Waals surface area contributed by atoms with E-state index in [1.54, 1.807) is 7.11 Å². The van der Waals surface area contributed by atoms with Crippen LogP contribution in [0.5, 0.6) is 5.75 Å². The summed E-state index contributed by atoms with van der Waals surface area (Å²) in [6.07, 6.45) is 10.7. The standard InChI is InChI=1S/C18H31NO/c1-3-4-5-6-7-8-11-15-19-16-14-17-12-9-10-13-18(17)20-2/h9-10,12-13,19H,3-8,11,14-16H2,1-2H3. The molecule has 0 aliphatic rings. The molecule has 1 rings (SSSR count). The molecule has 1 aromatic carbocycles. The highest BCUT2D eigenvalue weighted by Crippen LogP contribution is 2.17. The van der Waals surface area contributed by atoms with Crippen LogP contribution in [0.4, 0.5) is 0 Å². The second kappa shape index (κ2) is 11.8. The van der Waals surface area contributed by atoms with E-state index in [-0.39, 0.29) is 0 Å². The molecule has 0 heterocycles. The normalized spacial score (nSPS) is 10.7. The van der Waals surface area contributed by atoms with Gasteiger partial charge in [-0.15, -0.1) is 0 Å². The molecule has 2 heteroatoms. The molecule has 0 fully saturated rings. The maximum Gasteiger partial charge on any atom is 0.122 e. The van der Waals surface area contributed by atoms with Gasteiger partial charge in [-0.25, -0.2) is 0 Å². The highest BCUT2D eigenvalue weighted by molar-refractivity contribution is 5.33. The van der Waals surface area contributed by atoms with Crippen molar-refractivity contribution in [1.82, 2.24) is 5.32 Å². The Bertz CT molecular complexity index is 338. The summed E-state index contributed by atoms with van der Waals surface area (Å²) in [6, 6.07) is 8.28. The predicted molar refractivity (Wildman–Crippen MR) is 87.6 cm³/mol. The van der Waals surface area contributed by atoms with Gasteiger partial charge in [-0.3, -0.25) is 0 Å². The van der Waals surface area contributed by atoms with Gasteiger partial charge in [-0.1, -0.05) is 63.6 Å². The molecule has 0 unspecified atom stereocenters. The van der Waals surface area contributed by atoms with Crippen LogP contribution in [0.25, 0.3) is 0 Å². The summed E-state index contributed by atoms with van der Waals surface area (Å²) in [5.41, 5.74) is 1.29. The van der Waals surface area contributed by atoms with Crippen LogP contribution < -0.4 is 10.1 Å². The summed E-state index contributed by atoms with van der Waals surface area (Å²) >= 11 is 0. The van der Waals surface area contributed by atoms with E-state index in [0.717, 1.165) is 25.3 Å². The molecule has 0 spiro atoms. The van der Waals surface area contributed by atoms with Crippen LogP contribution in [0, 0.1) is 0 Å². The summed E-state index contributed by atoms with van der Waals surface area (Å²) < 4.78 is 5.36. The van der Waals surface area contributed by atoms with Gasteiger partial charge in [-0.05, 0) is 37.6 Å². The highest BCUT2D eigenvalue weighted by atomic mass is 16.5. The lowest BCUT2D eigenvalue weighted by molar-refractivity contribution is 0.409. The quantitative estimate of drug-likeness (QED) is 0.565. The first-order chi connectivity index (χ1) is 9.88. The van der Waals surface area contributed by atoms with Gasteiger partial charge in [-0.2, -0.15) is 0 Å². The van der Waals surface area contributed by atoms with Crippen molar-refractivity contribution >= 4 is 0 Å². The molecule has 0 radical (unpaired) electrons. The summed E-state index contributed by atoms with van der Waals surface area (Å²) in [5.74, 6) is 1.00. The van der Waals surface area contributed by atoms with Crippen LogP contribution in [0.2, 0.25) is 0 Å².